The molecule has 0 fully saturated rings. The third-order valence-electron chi connectivity index (χ3n) is 5.93. The lowest BCUT2D eigenvalue weighted by Crippen LogP contribution is -1.94. The van der Waals surface area contributed by atoms with Gasteiger partial charge in [-0.05, 0) is 59.7 Å². The number of furan rings is 1. The van der Waals surface area contributed by atoms with Crippen LogP contribution in [0.2, 0.25) is 0 Å². The maximum Gasteiger partial charge on any atom is 0.185 e. The minimum absolute atomic E-state index is 0.102. The second kappa shape index (κ2) is 11.1. The van der Waals surface area contributed by atoms with Gasteiger partial charge in [0, 0.05) is 21.9 Å². The summed E-state index contributed by atoms with van der Waals surface area (Å²) < 4.78 is 5.94. The van der Waals surface area contributed by atoms with E-state index in [0.29, 0.717) is 22.3 Å². The van der Waals surface area contributed by atoms with Crippen molar-refractivity contribution in [2.24, 2.45) is 0 Å². The van der Waals surface area contributed by atoms with Gasteiger partial charge >= 0.3 is 0 Å². The minimum Gasteiger partial charge on any atom is -0.456 e. The predicted octanol–water partition coefficient (Wildman–Crippen LogP) is 8.49. The smallest absolute Gasteiger partial charge is 0.185 e. The summed E-state index contributed by atoms with van der Waals surface area (Å²) in [4.78, 5) is 25.5. The first-order valence-electron chi connectivity index (χ1n) is 12.0. The third kappa shape index (κ3) is 5.80. The van der Waals surface area contributed by atoms with Gasteiger partial charge in [0.05, 0.1) is 0 Å². The number of carbonyl (C=O) groups excluding carboxylic acids is 2. The molecule has 0 unspecified atom stereocenters. The van der Waals surface area contributed by atoms with Crippen LogP contribution in [-0.2, 0) is 0 Å². The van der Waals surface area contributed by atoms with Gasteiger partial charge in [-0.25, -0.2) is 0 Å². The van der Waals surface area contributed by atoms with Crippen molar-refractivity contribution in [2.45, 2.75) is 0 Å². The summed E-state index contributed by atoms with van der Waals surface area (Å²) in [5, 5.41) is 1.60. The molecule has 37 heavy (non-hydrogen) atoms. The first-order chi connectivity index (χ1) is 18.2. The van der Waals surface area contributed by atoms with Crippen LogP contribution in [0, 0.1) is 0 Å². The van der Waals surface area contributed by atoms with Crippen molar-refractivity contribution in [3.63, 3.8) is 0 Å². The lowest BCUT2D eigenvalue weighted by Gasteiger charge is -1.98. The van der Waals surface area contributed by atoms with Crippen molar-refractivity contribution >= 4 is 45.7 Å². The van der Waals surface area contributed by atoms with Gasteiger partial charge in [-0.1, -0.05) is 97.1 Å². The maximum atomic E-state index is 12.8. The summed E-state index contributed by atoms with van der Waals surface area (Å²) in [6.45, 7) is 0. The van der Waals surface area contributed by atoms with Crippen molar-refractivity contribution in [3.8, 4) is 0 Å². The molecular weight excluding hydrogens is 456 g/mol. The highest BCUT2D eigenvalue weighted by atomic mass is 16.3. The Hall–Kier alpha value is -5.02. The molecule has 0 amide bonds. The number of ketones is 2. The molecule has 0 saturated carbocycles. The Morgan fingerprint density at radius 2 is 0.946 bits per heavy atom. The monoisotopic (exact) mass is 480 g/mol. The number of carbonyl (C=O) groups is 2. The zero-order valence-corrected chi connectivity index (χ0v) is 20.1. The van der Waals surface area contributed by atoms with Gasteiger partial charge in [-0.15, -0.1) is 0 Å². The molecule has 0 atom stereocenters. The van der Waals surface area contributed by atoms with Crippen molar-refractivity contribution in [2.75, 3.05) is 0 Å². The highest BCUT2D eigenvalue weighted by Gasteiger charge is 2.12. The maximum absolute atomic E-state index is 12.8. The second-order valence-electron chi connectivity index (χ2n) is 8.51. The quantitative estimate of drug-likeness (QED) is 0.127. The lowest BCUT2D eigenvalue weighted by atomic mass is 10.0. The SMILES string of the molecule is O=C(C=CC=Cc1ccccc1)c1ccc2oc3ccc(C(=O)C=CC=Cc4ccccc4)cc3c2c1. The van der Waals surface area contributed by atoms with E-state index < -0.39 is 0 Å². The van der Waals surface area contributed by atoms with E-state index in [2.05, 4.69) is 0 Å². The van der Waals surface area contributed by atoms with E-state index in [1.54, 1.807) is 48.6 Å². The largest absolute Gasteiger partial charge is 0.456 e. The zero-order valence-electron chi connectivity index (χ0n) is 20.1. The average Bonchev–Trinajstić information content (AvgIpc) is 3.31. The Morgan fingerprint density at radius 3 is 1.38 bits per heavy atom. The van der Waals surface area contributed by atoms with E-state index in [0.717, 1.165) is 21.9 Å². The molecule has 178 valence electrons. The summed E-state index contributed by atoms with van der Waals surface area (Å²) in [6.07, 6.45) is 14.2. The lowest BCUT2D eigenvalue weighted by molar-refractivity contribution is 0.103. The van der Waals surface area contributed by atoms with Crippen molar-refractivity contribution in [3.05, 3.63) is 156 Å². The minimum atomic E-state index is -0.102. The highest BCUT2D eigenvalue weighted by molar-refractivity contribution is 6.13. The van der Waals surface area contributed by atoms with Gasteiger partial charge in [-0.2, -0.15) is 0 Å². The van der Waals surface area contributed by atoms with E-state index in [-0.39, 0.29) is 11.6 Å². The molecule has 0 aliphatic rings. The summed E-state index contributed by atoms with van der Waals surface area (Å²) in [5.41, 5.74) is 4.59. The molecule has 3 nitrogen and oxygen atoms in total. The molecule has 5 aromatic rings. The normalized spacial score (nSPS) is 12.1. The van der Waals surface area contributed by atoms with Crippen LogP contribution in [0.3, 0.4) is 0 Å². The van der Waals surface area contributed by atoms with Crippen LogP contribution in [0.4, 0.5) is 0 Å². The number of hydrogen-bond donors (Lipinski definition) is 0. The third-order valence-corrected chi connectivity index (χ3v) is 5.93. The number of fused-ring (bicyclic) bond motifs is 3. The van der Waals surface area contributed by atoms with Crippen LogP contribution < -0.4 is 0 Å². The fourth-order valence-electron chi connectivity index (χ4n) is 4.02. The topological polar surface area (TPSA) is 47.3 Å². The molecule has 5 rings (SSSR count). The van der Waals surface area contributed by atoms with Gasteiger partial charge in [0.25, 0.3) is 0 Å². The Balaban J connectivity index is 1.34. The summed E-state index contributed by atoms with van der Waals surface area (Å²) >= 11 is 0. The van der Waals surface area contributed by atoms with Crippen molar-refractivity contribution in [1.29, 1.82) is 0 Å². The second-order valence-corrected chi connectivity index (χ2v) is 8.51. The van der Waals surface area contributed by atoms with E-state index in [9.17, 15) is 9.59 Å². The van der Waals surface area contributed by atoms with E-state index in [4.69, 9.17) is 4.42 Å². The van der Waals surface area contributed by atoms with Gasteiger partial charge in [0.2, 0.25) is 0 Å². The van der Waals surface area contributed by atoms with Gasteiger partial charge in [0.15, 0.2) is 11.6 Å². The first kappa shape index (κ1) is 23.7. The molecule has 0 bridgehead atoms. The molecule has 0 saturated heterocycles. The number of benzene rings is 4. The Labute approximate surface area is 215 Å². The highest BCUT2D eigenvalue weighted by Crippen LogP contribution is 2.30. The summed E-state index contributed by atoms with van der Waals surface area (Å²) in [5.74, 6) is -0.205. The number of allylic oxidation sites excluding steroid dienone is 6. The van der Waals surface area contributed by atoms with Crippen LogP contribution in [0.15, 0.2) is 138 Å². The van der Waals surface area contributed by atoms with Crippen LogP contribution in [0.25, 0.3) is 34.1 Å². The van der Waals surface area contributed by atoms with Gasteiger partial charge in [-0.3, -0.25) is 9.59 Å². The van der Waals surface area contributed by atoms with Crippen LogP contribution in [0.5, 0.6) is 0 Å². The molecule has 0 aliphatic heterocycles. The van der Waals surface area contributed by atoms with Crippen LogP contribution >= 0.6 is 0 Å². The summed E-state index contributed by atoms with van der Waals surface area (Å²) in [7, 11) is 0. The van der Waals surface area contributed by atoms with Gasteiger partial charge in [0.1, 0.15) is 11.2 Å². The Morgan fingerprint density at radius 1 is 0.514 bits per heavy atom. The van der Waals surface area contributed by atoms with Gasteiger partial charge < -0.3 is 4.42 Å². The Kier molecular flexibility index (Phi) is 7.14. The molecule has 1 aromatic heterocycles. The number of rotatable bonds is 8. The fraction of sp³-hybridized carbons (Fsp3) is 0. The standard InChI is InChI=1S/C34H24O3/c35-31(17-9-7-15-25-11-3-1-4-12-25)27-19-21-33-29(23-27)30-24-28(20-22-34(30)37-33)32(36)18-10-8-16-26-13-5-2-6-14-26/h1-24H. The molecular formula is C34H24O3. The molecule has 0 spiro atoms. The predicted molar refractivity (Wildman–Crippen MR) is 152 cm³/mol. The average molecular weight is 481 g/mol. The fourth-order valence-corrected chi connectivity index (χ4v) is 4.02. The van der Waals surface area contributed by atoms with Crippen LogP contribution in [0.1, 0.15) is 31.8 Å². The molecule has 4 aromatic carbocycles. The first-order valence-corrected chi connectivity index (χ1v) is 12.0. The molecule has 1 heterocycles. The summed E-state index contributed by atoms with van der Waals surface area (Å²) in [6, 6.07) is 30.6. The van der Waals surface area contributed by atoms with Crippen LogP contribution in [-0.4, -0.2) is 11.6 Å². The van der Waals surface area contributed by atoms with E-state index >= 15 is 0 Å². The zero-order chi connectivity index (χ0) is 25.5. The molecule has 0 radical (unpaired) electrons. The Bertz CT molecular complexity index is 1560. The number of hydrogen-bond acceptors (Lipinski definition) is 3. The molecule has 3 heteroatoms. The molecule has 0 N–H and O–H groups in total. The van der Waals surface area contributed by atoms with Crippen molar-refractivity contribution in [1.82, 2.24) is 0 Å². The molecule has 0 aliphatic carbocycles. The van der Waals surface area contributed by atoms with Crippen molar-refractivity contribution < 1.29 is 14.0 Å². The van der Waals surface area contributed by atoms with E-state index in [1.165, 1.54) is 0 Å². The van der Waals surface area contributed by atoms with E-state index in [1.807, 2.05) is 97.1 Å².